The molecule has 0 spiro atoms. The molecule has 0 amide bonds. The van der Waals surface area contributed by atoms with Crippen molar-refractivity contribution in [2.75, 3.05) is 14.2 Å². The van der Waals surface area contributed by atoms with Crippen LogP contribution in [0.2, 0.25) is 0 Å². The van der Waals surface area contributed by atoms with Crippen molar-refractivity contribution in [1.82, 2.24) is 9.88 Å². The van der Waals surface area contributed by atoms with Gasteiger partial charge in [0.2, 0.25) is 5.89 Å². The van der Waals surface area contributed by atoms with Crippen molar-refractivity contribution in [3.05, 3.63) is 72.0 Å². The van der Waals surface area contributed by atoms with Crippen molar-refractivity contribution in [3.63, 3.8) is 0 Å². The largest absolute Gasteiger partial charge is 0.496 e. The summed E-state index contributed by atoms with van der Waals surface area (Å²) >= 11 is 0. The molecule has 0 aliphatic carbocycles. The molecule has 0 aliphatic rings. The summed E-state index contributed by atoms with van der Waals surface area (Å²) in [6.07, 6.45) is 1.67. The number of benzene rings is 2. The first kappa shape index (κ1) is 17.2. The predicted molar refractivity (Wildman–Crippen MR) is 94.8 cm³/mol. The minimum Gasteiger partial charge on any atom is -0.496 e. The lowest BCUT2D eigenvalue weighted by Gasteiger charge is -2.25. The zero-order valence-corrected chi connectivity index (χ0v) is 14.6. The topological polar surface area (TPSA) is 38.5 Å². The molecule has 1 atom stereocenters. The third-order valence-electron chi connectivity index (χ3n) is 4.32. The second-order valence-corrected chi connectivity index (χ2v) is 5.96. The van der Waals surface area contributed by atoms with E-state index in [4.69, 9.17) is 9.15 Å². The van der Waals surface area contributed by atoms with E-state index < -0.39 is 0 Å². The van der Waals surface area contributed by atoms with Crippen molar-refractivity contribution in [1.29, 1.82) is 0 Å². The maximum atomic E-state index is 13.0. The molecule has 0 bridgehead atoms. The molecule has 1 heterocycles. The lowest BCUT2D eigenvalue weighted by Crippen LogP contribution is -2.22. The standard InChI is InChI=1S/C20H21FN2O2/c1-14(17-6-4-5-7-18(17)24-3)23(2)13-20-22-12-19(25-20)15-8-10-16(21)11-9-15/h4-12,14H,13H2,1-3H3/t14-/m1/s1. The molecule has 0 aliphatic heterocycles. The number of para-hydroxylation sites is 1. The van der Waals surface area contributed by atoms with Crippen LogP contribution in [0.15, 0.2) is 59.1 Å². The minimum atomic E-state index is -0.270. The monoisotopic (exact) mass is 340 g/mol. The highest BCUT2D eigenvalue weighted by atomic mass is 19.1. The van der Waals surface area contributed by atoms with Crippen LogP contribution in [0.3, 0.4) is 0 Å². The molecule has 1 aromatic heterocycles. The number of ether oxygens (including phenoxy) is 1. The molecular weight excluding hydrogens is 319 g/mol. The van der Waals surface area contributed by atoms with Crippen LogP contribution in [0.5, 0.6) is 5.75 Å². The number of methoxy groups -OCH3 is 1. The fourth-order valence-corrected chi connectivity index (χ4v) is 2.73. The number of oxazole rings is 1. The van der Waals surface area contributed by atoms with E-state index in [1.165, 1.54) is 12.1 Å². The smallest absolute Gasteiger partial charge is 0.209 e. The molecule has 0 N–H and O–H groups in total. The van der Waals surface area contributed by atoms with Gasteiger partial charge in [-0.05, 0) is 44.3 Å². The molecule has 4 nitrogen and oxygen atoms in total. The number of aromatic nitrogens is 1. The second-order valence-electron chi connectivity index (χ2n) is 5.96. The maximum Gasteiger partial charge on any atom is 0.209 e. The molecule has 3 rings (SSSR count). The summed E-state index contributed by atoms with van der Waals surface area (Å²) < 4.78 is 24.3. The summed E-state index contributed by atoms with van der Waals surface area (Å²) in [5, 5.41) is 0. The molecule has 0 saturated carbocycles. The summed E-state index contributed by atoms with van der Waals surface area (Å²) in [6, 6.07) is 14.3. The Bertz CT molecular complexity index is 830. The summed E-state index contributed by atoms with van der Waals surface area (Å²) in [5.74, 6) is 1.84. The molecule has 5 heteroatoms. The fraction of sp³-hybridized carbons (Fsp3) is 0.250. The van der Waals surface area contributed by atoms with E-state index in [1.54, 1.807) is 25.4 Å². The van der Waals surface area contributed by atoms with Crippen molar-refractivity contribution >= 4 is 0 Å². The van der Waals surface area contributed by atoms with Gasteiger partial charge in [-0.15, -0.1) is 0 Å². The maximum absolute atomic E-state index is 13.0. The van der Waals surface area contributed by atoms with Crippen molar-refractivity contribution in [2.24, 2.45) is 0 Å². The van der Waals surface area contributed by atoms with E-state index in [0.29, 0.717) is 18.2 Å². The molecule has 0 unspecified atom stereocenters. The Morgan fingerprint density at radius 1 is 1.16 bits per heavy atom. The molecular formula is C20H21FN2O2. The first-order chi connectivity index (χ1) is 12.1. The van der Waals surface area contributed by atoms with Gasteiger partial charge in [-0.1, -0.05) is 18.2 Å². The summed E-state index contributed by atoms with van der Waals surface area (Å²) in [7, 11) is 3.69. The Labute approximate surface area is 146 Å². The molecule has 3 aromatic rings. The lowest BCUT2D eigenvalue weighted by molar-refractivity contribution is 0.224. The van der Waals surface area contributed by atoms with Crippen molar-refractivity contribution in [3.8, 4) is 17.1 Å². The van der Waals surface area contributed by atoms with Crippen LogP contribution in [0.25, 0.3) is 11.3 Å². The highest BCUT2D eigenvalue weighted by Crippen LogP contribution is 2.29. The zero-order chi connectivity index (χ0) is 17.8. The number of hydrogen-bond acceptors (Lipinski definition) is 4. The third kappa shape index (κ3) is 3.88. The predicted octanol–water partition coefficient (Wildman–Crippen LogP) is 4.68. The minimum absolute atomic E-state index is 0.136. The first-order valence-electron chi connectivity index (χ1n) is 8.12. The van der Waals surface area contributed by atoms with E-state index >= 15 is 0 Å². The van der Waals surface area contributed by atoms with E-state index in [1.807, 2.05) is 25.2 Å². The van der Waals surface area contributed by atoms with E-state index in [9.17, 15) is 4.39 Å². The van der Waals surface area contributed by atoms with Gasteiger partial charge < -0.3 is 9.15 Å². The van der Waals surface area contributed by atoms with Gasteiger partial charge in [-0.2, -0.15) is 0 Å². The van der Waals surface area contributed by atoms with Gasteiger partial charge in [0, 0.05) is 17.2 Å². The summed E-state index contributed by atoms with van der Waals surface area (Å²) in [4.78, 5) is 6.48. The average Bonchev–Trinajstić information content (AvgIpc) is 3.10. The van der Waals surface area contributed by atoms with Gasteiger partial charge in [0.05, 0.1) is 19.9 Å². The molecule has 130 valence electrons. The third-order valence-corrected chi connectivity index (χ3v) is 4.32. The highest BCUT2D eigenvalue weighted by Gasteiger charge is 2.18. The van der Waals surface area contributed by atoms with Gasteiger partial charge >= 0.3 is 0 Å². The van der Waals surface area contributed by atoms with Gasteiger partial charge in [-0.3, -0.25) is 4.90 Å². The van der Waals surface area contributed by atoms with Crippen molar-refractivity contribution < 1.29 is 13.5 Å². The molecule has 0 fully saturated rings. The molecule has 25 heavy (non-hydrogen) atoms. The average molecular weight is 340 g/mol. The van der Waals surface area contributed by atoms with Gasteiger partial charge in [0.15, 0.2) is 5.76 Å². The quantitative estimate of drug-likeness (QED) is 0.653. The Morgan fingerprint density at radius 2 is 1.88 bits per heavy atom. The summed E-state index contributed by atoms with van der Waals surface area (Å²) in [6.45, 7) is 2.67. The highest BCUT2D eigenvalue weighted by molar-refractivity contribution is 5.55. The zero-order valence-electron chi connectivity index (χ0n) is 14.6. The van der Waals surface area contributed by atoms with Crippen LogP contribution in [0, 0.1) is 5.82 Å². The molecule has 0 saturated heterocycles. The van der Waals surface area contributed by atoms with Crippen LogP contribution in [0.1, 0.15) is 24.4 Å². The first-order valence-corrected chi connectivity index (χ1v) is 8.12. The van der Waals surface area contributed by atoms with Crippen LogP contribution < -0.4 is 4.74 Å². The number of hydrogen-bond donors (Lipinski definition) is 0. The van der Waals surface area contributed by atoms with Gasteiger partial charge in [-0.25, -0.2) is 9.37 Å². The molecule has 0 radical (unpaired) electrons. The van der Waals surface area contributed by atoms with Crippen molar-refractivity contribution in [2.45, 2.75) is 19.5 Å². The van der Waals surface area contributed by atoms with E-state index in [0.717, 1.165) is 16.9 Å². The fourth-order valence-electron chi connectivity index (χ4n) is 2.73. The van der Waals surface area contributed by atoms with Crippen LogP contribution in [-0.2, 0) is 6.54 Å². The van der Waals surface area contributed by atoms with E-state index in [-0.39, 0.29) is 11.9 Å². The van der Waals surface area contributed by atoms with Crippen LogP contribution in [-0.4, -0.2) is 24.0 Å². The second kappa shape index (κ2) is 7.49. The Hall–Kier alpha value is -2.66. The Morgan fingerprint density at radius 3 is 2.60 bits per heavy atom. The van der Waals surface area contributed by atoms with Crippen LogP contribution in [0.4, 0.5) is 4.39 Å². The number of nitrogens with zero attached hydrogens (tertiary/aromatic N) is 2. The summed E-state index contributed by atoms with van der Waals surface area (Å²) in [5.41, 5.74) is 1.92. The van der Waals surface area contributed by atoms with Gasteiger partial charge in [0.1, 0.15) is 11.6 Å². The van der Waals surface area contributed by atoms with E-state index in [2.05, 4.69) is 22.9 Å². The number of rotatable bonds is 6. The Balaban J connectivity index is 1.73. The van der Waals surface area contributed by atoms with Gasteiger partial charge in [0.25, 0.3) is 0 Å². The van der Waals surface area contributed by atoms with Crippen LogP contribution >= 0.6 is 0 Å². The normalized spacial score (nSPS) is 12.4. The number of halogens is 1. The SMILES string of the molecule is COc1ccccc1[C@@H](C)N(C)Cc1ncc(-c2ccc(F)cc2)o1. The lowest BCUT2D eigenvalue weighted by atomic mass is 10.1. The Kier molecular flexibility index (Phi) is 5.14. The molecule has 2 aromatic carbocycles.